The average molecular weight is 352 g/mol. The van der Waals surface area contributed by atoms with Crippen molar-refractivity contribution in [1.82, 2.24) is 9.78 Å². The summed E-state index contributed by atoms with van der Waals surface area (Å²) >= 11 is 9.11. The topological polar surface area (TPSA) is 17.8 Å². The zero-order chi connectivity index (χ0) is 14.1. The molecule has 0 atom stereocenters. The highest BCUT2D eigenvalue weighted by Gasteiger charge is 2.06. The lowest BCUT2D eigenvalue weighted by atomic mass is 10.1. The van der Waals surface area contributed by atoms with Crippen LogP contribution in [0.2, 0.25) is 5.02 Å². The van der Waals surface area contributed by atoms with E-state index in [2.05, 4.69) is 21.0 Å². The number of rotatable bonds is 2. The molecule has 0 amide bonds. The van der Waals surface area contributed by atoms with Gasteiger partial charge in [-0.1, -0.05) is 39.7 Å². The Bertz CT molecular complexity index is 770. The Morgan fingerprint density at radius 1 is 1.10 bits per heavy atom. The van der Waals surface area contributed by atoms with Gasteiger partial charge in [0, 0.05) is 22.3 Å². The molecule has 0 aliphatic carbocycles. The van der Waals surface area contributed by atoms with Gasteiger partial charge in [0.25, 0.3) is 0 Å². The van der Waals surface area contributed by atoms with Crippen LogP contribution in [0.1, 0.15) is 0 Å². The molecule has 2 nitrogen and oxygen atoms in total. The number of aromatic nitrogens is 2. The first kappa shape index (κ1) is 13.3. The predicted molar refractivity (Wildman–Crippen MR) is 81.7 cm³/mol. The summed E-state index contributed by atoms with van der Waals surface area (Å²) in [7, 11) is 0. The van der Waals surface area contributed by atoms with Gasteiger partial charge >= 0.3 is 0 Å². The molecule has 1 aromatic heterocycles. The molecule has 3 rings (SSSR count). The quantitative estimate of drug-likeness (QED) is 0.628. The molecule has 0 saturated heterocycles. The zero-order valence-electron chi connectivity index (χ0n) is 10.2. The summed E-state index contributed by atoms with van der Waals surface area (Å²) in [5.41, 5.74) is 2.63. The number of nitrogens with zero attached hydrogens (tertiary/aromatic N) is 2. The zero-order valence-corrected chi connectivity index (χ0v) is 12.6. The Morgan fingerprint density at radius 2 is 1.95 bits per heavy atom. The molecule has 0 unspecified atom stereocenters. The first-order chi connectivity index (χ1) is 9.63. The van der Waals surface area contributed by atoms with Crippen LogP contribution in [-0.2, 0) is 0 Å². The van der Waals surface area contributed by atoms with Crippen molar-refractivity contribution in [2.24, 2.45) is 0 Å². The second-order valence-electron chi connectivity index (χ2n) is 4.28. The standard InChI is InChI=1S/C15H9BrClFN2/c16-12-3-1-2-10(6-12)11-8-19-20(9-11)13-4-5-14(17)15(18)7-13/h1-9H. The fourth-order valence-corrected chi connectivity index (χ4v) is 2.43. The van der Waals surface area contributed by atoms with Crippen molar-refractivity contribution in [3.05, 3.63) is 70.2 Å². The molecule has 0 saturated carbocycles. The van der Waals surface area contributed by atoms with Gasteiger partial charge in [0.2, 0.25) is 0 Å². The van der Waals surface area contributed by atoms with Crippen LogP contribution >= 0.6 is 27.5 Å². The Morgan fingerprint density at radius 3 is 2.70 bits per heavy atom. The summed E-state index contributed by atoms with van der Waals surface area (Å²) in [4.78, 5) is 0. The van der Waals surface area contributed by atoms with Crippen molar-refractivity contribution >= 4 is 27.5 Å². The van der Waals surface area contributed by atoms with E-state index in [0.717, 1.165) is 15.6 Å². The molecule has 2 aromatic carbocycles. The molecule has 0 radical (unpaired) electrons. The van der Waals surface area contributed by atoms with E-state index in [1.54, 1.807) is 16.9 Å². The molecule has 3 aromatic rings. The van der Waals surface area contributed by atoms with Gasteiger partial charge in [0.1, 0.15) is 5.82 Å². The van der Waals surface area contributed by atoms with Gasteiger partial charge in [0.05, 0.1) is 16.9 Å². The third-order valence-corrected chi connectivity index (χ3v) is 3.71. The molecule has 5 heteroatoms. The fraction of sp³-hybridized carbons (Fsp3) is 0. The van der Waals surface area contributed by atoms with Crippen LogP contribution in [0.3, 0.4) is 0 Å². The minimum atomic E-state index is -0.455. The Hall–Kier alpha value is -1.65. The van der Waals surface area contributed by atoms with Crippen LogP contribution < -0.4 is 0 Å². The van der Waals surface area contributed by atoms with Crippen LogP contribution in [0, 0.1) is 5.82 Å². The summed E-state index contributed by atoms with van der Waals surface area (Å²) in [5.74, 6) is -0.455. The van der Waals surface area contributed by atoms with Crippen LogP contribution in [0.5, 0.6) is 0 Å². The molecule has 0 fully saturated rings. The second kappa shape index (κ2) is 5.38. The minimum Gasteiger partial charge on any atom is -0.240 e. The third kappa shape index (κ3) is 2.62. The normalized spacial score (nSPS) is 10.8. The van der Waals surface area contributed by atoms with E-state index < -0.39 is 5.82 Å². The predicted octanol–water partition coefficient (Wildman–Crippen LogP) is 5.09. The fourth-order valence-electron chi connectivity index (χ4n) is 1.91. The van der Waals surface area contributed by atoms with Crippen molar-refractivity contribution in [3.8, 4) is 16.8 Å². The maximum absolute atomic E-state index is 13.5. The first-order valence-corrected chi connectivity index (χ1v) is 7.06. The first-order valence-electron chi connectivity index (χ1n) is 5.89. The molecule has 0 aliphatic heterocycles. The van der Waals surface area contributed by atoms with E-state index in [-0.39, 0.29) is 5.02 Å². The third-order valence-electron chi connectivity index (χ3n) is 2.91. The summed E-state index contributed by atoms with van der Waals surface area (Å²) in [6.45, 7) is 0. The largest absolute Gasteiger partial charge is 0.240 e. The molecule has 0 bridgehead atoms. The lowest BCUT2D eigenvalue weighted by Gasteiger charge is -2.02. The molecule has 0 spiro atoms. The Kier molecular flexibility index (Phi) is 3.59. The van der Waals surface area contributed by atoms with Gasteiger partial charge in [0.15, 0.2) is 0 Å². The van der Waals surface area contributed by atoms with Gasteiger partial charge < -0.3 is 0 Å². The van der Waals surface area contributed by atoms with E-state index >= 15 is 0 Å². The maximum Gasteiger partial charge on any atom is 0.143 e. The highest BCUT2D eigenvalue weighted by molar-refractivity contribution is 9.10. The number of benzene rings is 2. The van der Waals surface area contributed by atoms with E-state index in [9.17, 15) is 4.39 Å². The van der Waals surface area contributed by atoms with Crippen LogP contribution in [0.25, 0.3) is 16.8 Å². The van der Waals surface area contributed by atoms with E-state index in [4.69, 9.17) is 11.6 Å². The summed E-state index contributed by atoms with van der Waals surface area (Å²) in [5, 5.41) is 4.36. The molecule has 20 heavy (non-hydrogen) atoms. The maximum atomic E-state index is 13.5. The molecule has 100 valence electrons. The molecular weight excluding hydrogens is 343 g/mol. The Balaban J connectivity index is 1.99. The van der Waals surface area contributed by atoms with Gasteiger partial charge in [-0.2, -0.15) is 5.10 Å². The van der Waals surface area contributed by atoms with Crippen molar-refractivity contribution in [2.45, 2.75) is 0 Å². The van der Waals surface area contributed by atoms with E-state index in [0.29, 0.717) is 5.69 Å². The molecule has 1 heterocycles. The van der Waals surface area contributed by atoms with E-state index in [1.807, 2.05) is 30.5 Å². The lowest BCUT2D eigenvalue weighted by molar-refractivity contribution is 0.626. The Labute approximate surface area is 128 Å². The highest BCUT2D eigenvalue weighted by Crippen LogP contribution is 2.24. The van der Waals surface area contributed by atoms with Gasteiger partial charge in [-0.05, 0) is 29.8 Å². The van der Waals surface area contributed by atoms with Gasteiger partial charge in [-0.25, -0.2) is 9.07 Å². The lowest BCUT2D eigenvalue weighted by Crippen LogP contribution is -1.94. The van der Waals surface area contributed by atoms with Crippen LogP contribution in [0.4, 0.5) is 4.39 Å². The van der Waals surface area contributed by atoms with Crippen LogP contribution in [0.15, 0.2) is 59.3 Å². The number of hydrogen-bond acceptors (Lipinski definition) is 1. The van der Waals surface area contributed by atoms with Crippen molar-refractivity contribution in [1.29, 1.82) is 0 Å². The number of halogens is 3. The number of hydrogen-bond donors (Lipinski definition) is 0. The second-order valence-corrected chi connectivity index (χ2v) is 5.61. The molecule has 0 aliphatic rings. The van der Waals surface area contributed by atoms with Gasteiger partial charge in [-0.15, -0.1) is 0 Å². The monoisotopic (exact) mass is 350 g/mol. The van der Waals surface area contributed by atoms with Crippen molar-refractivity contribution < 1.29 is 4.39 Å². The van der Waals surface area contributed by atoms with Gasteiger partial charge in [-0.3, -0.25) is 0 Å². The smallest absolute Gasteiger partial charge is 0.143 e. The summed E-state index contributed by atoms with van der Waals surface area (Å²) in [6, 6.07) is 12.5. The SMILES string of the molecule is Fc1cc(-n2cc(-c3cccc(Br)c3)cn2)ccc1Cl. The summed E-state index contributed by atoms with van der Waals surface area (Å²) < 4.78 is 16.1. The summed E-state index contributed by atoms with van der Waals surface area (Å²) in [6.07, 6.45) is 3.60. The molecule has 0 N–H and O–H groups in total. The average Bonchev–Trinajstić information content (AvgIpc) is 2.92. The highest BCUT2D eigenvalue weighted by atomic mass is 79.9. The minimum absolute atomic E-state index is 0.105. The van der Waals surface area contributed by atoms with Crippen molar-refractivity contribution in [3.63, 3.8) is 0 Å². The van der Waals surface area contributed by atoms with Crippen molar-refractivity contribution in [2.75, 3.05) is 0 Å². The van der Waals surface area contributed by atoms with E-state index in [1.165, 1.54) is 12.1 Å². The molecular formula is C15H9BrClFN2. The van der Waals surface area contributed by atoms with Crippen LogP contribution in [-0.4, -0.2) is 9.78 Å².